The van der Waals surface area contributed by atoms with E-state index in [9.17, 15) is 9.59 Å². The Bertz CT molecular complexity index is 694. The molecule has 7 heteroatoms. The summed E-state index contributed by atoms with van der Waals surface area (Å²) < 4.78 is 5.17. The molecule has 1 aromatic heterocycles. The van der Waals surface area contributed by atoms with Gasteiger partial charge in [-0.3, -0.25) is 10.1 Å². The Hall–Kier alpha value is -2.96. The number of aromatic nitrogens is 2. The van der Waals surface area contributed by atoms with Crippen molar-refractivity contribution in [3.05, 3.63) is 54.1 Å². The van der Waals surface area contributed by atoms with Crippen LogP contribution in [0.4, 0.5) is 10.5 Å². The number of carbonyl (C=O) groups is 2. The number of nitrogens with one attached hydrogen (secondary N) is 2. The van der Waals surface area contributed by atoms with Crippen LogP contribution in [0.3, 0.4) is 0 Å². The lowest BCUT2D eigenvalue weighted by Gasteiger charge is -2.19. The lowest BCUT2D eigenvalue weighted by atomic mass is 10.2. The number of anilines is 1. The molecule has 0 spiro atoms. The molecule has 0 aliphatic rings. The largest absolute Gasteiger partial charge is 0.444 e. The first-order valence-electron chi connectivity index (χ1n) is 7.47. The fourth-order valence-corrected chi connectivity index (χ4v) is 1.82. The number of ether oxygens (including phenoxy) is 1. The van der Waals surface area contributed by atoms with Crippen molar-refractivity contribution >= 4 is 17.7 Å². The molecule has 126 valence electrons. The van der Waals surface area contributed by atoms with Crippen LogP contribution in [-0.2, 0) is 11.3 Å². The fourth-order valence-electron chi connectivity index (χ4n) is 1.82. The van der Waals surface area contributed by atoms with Gasteiger partial charge in [0, 0.05) is 17.4 Å². The van der Waals surface area contributed by atoms with Gasteiger partial charge in [0.15, 0.2) is 0 Å². The molecule has 0 unspecified atom stereocenters. The van der Waals surface area contributed by atoms with Crippen molar-refractivity contribution in [1.29, 1.82) is 0 Å². The number of nitrogens with zero attached hydrogens (tertiary/aromatic N) is 2. The molecule has 0 fully saturated rings. The Morgan fingerprint density at radius 3 is 2.42 bits per heavy atom. The molecule has 7 nitrogen and oxygen atoms in total. The predicted molar refractivity (Wildman–Crippen MR) is 89.5 cm³/mol. The second kappa shape index (κ2) is 7.54. The zero-order valence-corrected chi connectivity index (χ0v) is 13.9. The van der Waals surface area contributed by atoms with Gasteiger partial charge in [-0.25, -0.2) is 14.8 Å². The van der Waals surface area contributed by atoms with Crippen LogP contribution in [0.15, 0.2) is 42.9 Å². The molecule has 2 rings (SSSR count). The Balaban J connectivity index is 1.89. The molecule has 2 N–H and O–H groups in total. The van der Waals surface area contributed by atoms with Gasteiger partial charge in [0.2, 0.25) is 0 Å². The van der Waals surface area contributed by atoms with E-state index in [0.717, 1.165) is 5.69 Å². The Labute approximate surface area is 140 Å². The fraction of sp³-hybridized carbons (Fsp3) is 0.294. The third kappa shape index (κ3) is 5.68. The van der Waals surface area contributed by atoms with Gasteiger partial charge >= 0.3 is 6.09 Å². The quantitative estimate of drug-likeness (QED) is 0.900. The van der Waals surface area contributed by atoms with Crippen molar-refractivity contribution in [2.45, 2.75) is 32.9 Å². The molecular weight excluding hydrogens is 308 g/mol. The van der Waals surface area contributed by atoms with Crippen LogP contribution in [-0.4, -0.2) is 27.6 Å². The van der Waals surface area contributed by atoms with Gasteiger partial charge in [0.1, 0.15) is 11.9 Å². The average molecular weight is 328 g/mol. The predicted octanol–water partition coefficient (Wildman–Crippen LogP) is 2.75. The topological polar surface area (TPSA) is 93.2 Å². The second-order valence-corrected chi connectivity index (χ2v) is 6.09. The number of hydrogen-bond donors (Lipinski definition) is 2. The normalized spacial score (nSPS) is 10.8. The first-order valence-corrected chi connectivity index (χ1v) is 7.47. The van der Waals surface area contributed by atoms with Crippen molar-refractivity contribution < 1.29 is 14.3 Å². The van der Waals surface area contributed by atoms with Crippen molar-refractivity contribution in [3.63, 3.8) is 0 Å². The summed E-state index contributed by atoms with van der Waals surface area (Å²) in [4.78, 5) is 31.6. The molecule has 24 heavy (non-hydrogen) atoms. The van der Waals surface area contributed by atoms with E-state index < -0.39 is 11.7 Å². The van der Waals surface area contributed by atoms with E-state index in [4.69, 9.17) is 4.74 Å². The van der Waals surface area contributed by atoms with Gasteiger partial charge in [-0.2, -0.15) is 0 Å². The maximum Gasteiger partial charge on any atom is 0.412 e. The number of hydrogen-bond acceptors (Lipinski definition) is 5. The lowest BCUT2D eigenvalue weighted by molar-refractivity contribution is 0.0635. The van der Waals surface area contributed by atoms with E-state index in [0.29, 0.717) is 17.8 Å². The number of benzene rings is 1. The minimum absolute atomic E-state index is 0.225. The molecule has 0 atom stereocenters. The average Bonchev–Trinajstić information content (AvgIpc) is 2.52. The summed E-state index contributed by atoms with van der Waals surface area (Å²) in [5, 5.41) is 5.38. The first-order chi connectivity index (χ1) is 11.3. The van der Waals surface area contributed by atoms with E-state index in [-0.39, 0.29) is 5.91 Å². The molecule has 2 amide bonds. The summed E-state index contributed by atoms with van der Waals surface area (Å²) in [5.74, 6) is -0.225. The third-order valence-corrected chi connectivity index (χ3v) is 2.87. The number of amides is 2. The van der Waals surface area contributed by atoms with Crippen molar-refractivity contribution in [2.24, 2.45) is 0 Å². The highest BCUT2D eigenvalue weighted by Gasteiger charge is 2.16. The van der Waals surface area contributed by atoms with E-state index >= 15 is 0 Å². The lowest BCUT2D eigenvalue weighted by Crippen LogP contribution is -2.27. The first kappa shape index (κ1) is 17.4. The third-order valence-electron chi connectivity index (χ3n) is 2.87. The number of rotatable bonds is 4. The Morgan fingerprint density at radius 2 is 1.83 bits per heavy atom. The molecule has 2 aromatic rings. The SMILES string of the molecule is CC(C)(C)OC(=O)Nc1ccc(C(=O)NCc2ccncn2)cc1. The van der Waals surface area contributed by atoms with E-state index in [1.807, 2.05) is 0 Å². The van der Waals surface area contributed by atoms with Crippen LogP contribution in [0.2, 0.25) is 0 Å². The molecule has 1 aromatic carbocycles. The van der Waals surface area contributed by atoms with Gasteiger partial charge in [0.25, 0.3) is 5.91 Å². The van der Waals surface area contributed by atoms with E-state index in [2.05, 4.69) is 20.6 Å². The maximum absolute atomic E-state index is 12.1. The van der Waals surface area contributed by atoms with E-state index in [1.165, 1.54) is 6.33 Å². The maximum atomic E-state index is 12.1. The van der Waals surface area contributed by atoms with Crippen LogP contribution >= 0.6 is 0 Å². The summed E-state index contributed by atoms with van der Waals surface area (Å²) in [5.41, 5.74) is 1.20. The molecule has 1 heterocycles. The van der Waals surface area contributed by atoms with Crippen LogP contribution in [0.1, 0.15) is 36.8 Å². The minimum Gasteiger partial charge on any atom is -0.444 e. The van der Waals surface area contributed by atoms with Gasteiger partial charge in [-0.05, 0) is 51.1 Å². The van der Waals surface area contributed by atoms with Crippen molar-refractivity contribution in [3.8, 4) is 0 Å². The zero-order chi connectivity index (χ0) is 17.6. The van der Waals surface area contributed by atoms with Crippen molar-refractivity contribution in [2.75, 3.05) is 5.32 Å². The van der Waals surface area contributed by atoms with E-state index in [1.54, 1.807) is 57.3 Å². The molecule has 0 bridgehead atoms. The summed E-state index contributed by atoms with van der Waals surface area (Å²) in [6.45, 7) is 5.69. The summed E-state index contributed by atoms with van der Waals surface area (Å²) in [6, 6.07) is 8.27. The summed E-state index contributed by atoms with van der Waals surface area (Å²) in [6.07, 6.45) is 2.51. The standard InChI is InChI=1S/C17H20N4O3/c1-17(2,3)24-16(23)21-13-6-4-12(5-7-13)15(22)19-10-14-8-9-18-11-20-14/h4-9,11H,10H2,1-3H3,(H,19,22)(H,21,23). The highest BCUT2D eigenvalue weighted by atomic mass is 16.6. The monoisotopic (exact) mass is 328 g/mol. The zero-order valence-electron chi connectivity index (χ0n) is 13.9. The summed E-state index contributed by atoms with van der Waals surface area (Å²) >= 11 is 0. The summed E-state index contributed by atoms with van der Waals surface area (Å²) in [7, 11) is 0. The van der Waals surface area contributed by atoms with Crippen LogP contribution in [0, 0.1) is 0 Å². The van der Waals surface area contributed by atoms with Gasteiger partial charge < -0.3 is 10.1 Å². The van der Waals surface area contributed by atoms with Crippen LogP contribution < -0.4 is 10.6 Å². The van der Waals surface area contributed by atoms with Crippen LogP contribution in [0.25, 0.3) is 0 Å². The van der Waals surface area contributed by atoms with Gasteiger partial charge in [-0.1, -0.05) is 0 Å². The molecule has 0 saturated carbocycles. The molecular formula is C17H20N4O3. The highest BCUT2D eigenvalue weighted by Crippen LogP contribution is 2.13. The van der Waals surface area contributed by atoms with Crippen LogP contribution in [0.5, 0.6) is 0 Å². The van der Waals surface area contributed by atoms with Crippen molar-refractivity contribution in [1.82, 2.24) is 15.3 Å². The highest BCUT2D eigenvalue weighted by molar-refractivity contribution is 5.95. The smallest absolute Gasteiger partial charge is 0.412 e. The Kier molecular flexibility index (Phi) is 5.47. The molecule has 0 aliphatic heterocycles. The molecule has 0 aliphatic carbocycles. The van der Waals surface area contributed by atoms with Gasteiger partial charge in [0.05, 0.1) is 12.2 Å². The molecule has 0 radical (unpaired) electrons. The number of carbonyl (C=O) groups excluding carboxylic acids is 2. The minimum atomic E-state index is -0.565. The molecule has 0 saturated heterocycles. The van der Waals surface area contributed by atoms with Gasteiger partial charge in [-0.15, -0.1) is 0 Å². The second-order valence-electron chi connectivity index (χ2n) is 6.09. The Morgan fingerprint density at radius 1 is 1.12 bits per heavy atom.